The summed E-state index contributed by atoms with van der Waals surface area (Å²) in [4.78, 5) is 3.64. The highest BCUT2D eigenvalue weighted by atomic mass is 32.1. The lowest BCUT2D eigenvalue weighted by molar-refractivity contribution is 0.630. The van der Waals surface area contributed by atoms with Crippen LogP contribution >= 0.6 is 12.2 Å². The number of halogens is 1. The van der Waals surface area contributed by atoms with E-state index in [2.05, 4.69) is 22.4 Å². The quantitative estimate of drug-likeness (QED) is 0.557. The second-order valence-electron chi connectivity index (χ2n) is 3.74. The van der Waals surface area contributed by atoms with Crippen molar-refractivity contribution >= 4 is 23.1 Å². The van der Waals surface area contributed by atoms with Crippen LogP contribution in [0.25, 0.3) is 11.1 Å². The zero-order chi connectivity index (χ0) is 12.3. The molecule has 0 radical (unpaired) electrons. The van der Waals surface area contributed by atoms with Crippen molar-refractivity contribution in [1.82, 2.24) is 0 Å². The van der Waals surface area contributed by atoms with Crippen LogP contribution in [0.5, 0.6) is 0 Å². The molecule has 2 rings (SSSR count). The zero-order valence-corrected chi connectivity index (χ0v) is 10.1. The normalized spacial score (nSPS) is 9.76. The molecule has 17 heavy (non-hydrogen) atoms. The van der Waals surface area contributed by atoms with Gasteiger partial charge in [0, 0.05) is 0 Å². The van der Waals surface area contributed by atoms with Crippen LogP contribution < -0.4 is 0 Å². The Morgan fingerprint density at radius 3 is 2.29 bits per heavy atom. The molecule has 2 aromatic carbocycles. The maximum Gasteiger partial charge on any atom is 0.150 e. The fourth-order valence-corrected chi connectivity index (χ4v) is 1.67. The number of hydrogen-bond donors (Lipinski definition) is 0. The van der Waals surface area contributed by atoms with Gasteiger partial charge < -0.3 is 0 Å². The molecule has 0 fully saturated rings. The van der Waals surface area contributed by atoms with Gasteiger partial charge in [0.1, 0.15) is 11.5 Å². The zero-order valence-electron chi connectivity index (χ0n) is 9.27. The molecular weight excluding hydrogens is 233 g/mol. The molecule has 0 heterocycles. The summed E-state index contributed by atoms with van der Waals surface area (Å²) < 4.78 is 13.6. The molecular formula is C14H10FNS. The summed E-state index contributed by atoms with van der Waals surface area (Å²) in [7, 11) is 0. The fraction of sp³-hybridized carbons (Fsp3) is 0.0714. The summed E-state index contributed by atoms with van der Waals surface area (Å²) in [5, 5.41) is 2.16. The van der Waals surface area contributed by atoms with E-state index in [1.807, 2.05) is 37.3 Å². The third-order valence-electron chi connectivity index (χ3n) is 2.50. The highest BCUT2D eigenvalue weighted by Gasteiger charge is 2.03. The lowest BCUT2D eigenvalue weighted by Crippen LogP contribution is -1.81. The molecule has 1 nitrogen and oxygen atoms in total. The van der Waals surface area contributed by atoms with E-state index in [-0.39, 0.29) is 11.5 Å². The van der Waals surface area contributed by atoms with Crippen LogP contribution in [0.3, 0.4) is 0 Å². The average Bonchev–Trinajstić information content (AvgIpc) is 2.33. The number of hydrogen-bond acceptors (Lipinski definition) is 2. The highest BCUT2D eigenvalue weighted by Crippen LogP contribution is 2.25. The van der Waals surface area contributed by atoms with E-state index < -0.39 is 0 Å². The fourth-order valence-electron chi connectivity index (χ4n) is 1.57. The lowest BCUT2D eigenvalue weighted by atomic mass is 10.0. The molecule has 0 aliphatic rings. The Balaban J connectivity index is 2.44. The Labute approximate surface area is 105 Å². The first kappa shape index (κ1) is 11.6. The Kier molecular flexibility index (Phi) is 3.43. The molecule has 0 spiro atoms. The van der Waals surface area contributed by atoms with Crippen LogP contribution in [0.1, 0.15) is 5.56 Å². The number of isothiocyanates is 1. The largest absolute Gasteiger partial charge is 0.205 e. The first-order valence-electron chi connectivity index (χ1n) is 5.15. The van der Waals surface area contributed by atoms with Gasteiger partial charge in [0.25, 0.3) is 0 Å². The maximum atomic E-state index is 13.6. The molecule has 0 aliphatic carbocycles. The lowest BCUT2D eigenvalue weighted by Gasteiger charge is -2.03. The van der Waals surface area contributed by atoms with Crippen molar-refractivity contribution in [3.05, 3.63) is 53.8 Å². The summed E-state index contributed by atoms with van der Waals surface area (Å²) in [5.41, 5.74) is 3.20. The molecule has 0 bridgehead atoms. The van der Waals surface area contributed by atoms with E-state index in [4.69, 9.17) is 0 Å². The topological polar surface area (TPSA) is 12.4 Å². The standard InChI is InChI=1S/C14H10FNS/c1-10-2-4-11(5-3-10)12-6-7-14(16-9-17)13(15)8-12/h2-8H,1H3. The monoisotopic (exact) mass is 243 g/mol. The predicted octanol–water partition coefficient (Wildman–Crippen LogP) is 4.54. The number of aliphatic imine (C=N–C) groups is 1. The van der Waals surface area contributed by atoms with Gasteiger partial charge in [-0.1, -0.05) is 35.9 Å². The second-order valence-corrected chi connectivity index (χ2v) is 3.92. The van der Waals surface area contributed by atoms with E-state index in [1.54, 1.807) is 6.07 Å². The summed E-state index contributed by atoms with van der Waals surface area (Å²) in [6, 6.07) is 12.8. The molecule has 0 saturated carbocycles. The van der Waals surface area contributed by atoms with Crippen LogP contribution in [0, 0.1) is 12.7 Å². The van der Waals surface area contributed by atoms with Crippen molar-refractivity contribution in [3.63, 3.8) is 0 Å². The molecule has 0 amide bonds. The molecule has 0 saturated heterocycles. The minimum atomic E-state index is -0.388. The smallest absolute Gasteiger partial charge is 0.150 e. The minimum Gasteiger partial charge on any atom is -0.205 e. The van der Waals surface area contributed by atoms with Gasteiger partial charge >= 0.3 is 0 Å². The van der Waals surface area contributed by atoms with Gasteiger partial charge in [0.15, 0.2) is 0 Å². The summed E-state index contributed by atoms with van der Waals surface area (Å²) >= 11 is 4.45. The van der Waals surface area contributed by atoms with Crippen molar-refractivity contribution < 1.29 is 4.39 Å². The van der Waals surface area contributed by atoms with Gasteiger partial charge in [-0.25, -0.2) is 4.39 Å². The molecule has 3 heteroatoms. The summed E-state index contributed by atoms with van der Waals surface area (Å²) in [6.07, 6.45) is 0. The summed E-state index contributed by atoms with van der Waals surface area (Å²) in [6.45, 7) is 2.02. The number of thiocarbonyl (C=S) groups is 1. The van der Waals surface area contributed by atoms with Gasteiger partial charge in [0.05, 0.1) is 5.16 Å². The maximum absolute atomic E-state index is 13.6. The van der Waals surface area contributed by atoms with Gasteiger partial charge in [0.2, 0.25) is 0 Å². The van der Waals surface area contributed by atoms with Crippen LogP contribution in [-0.2, 0) is 0 Å². The first-order chi connectivity index (χ1) is 8.20. The van der Waals surface area contributed by atoms with Crippen molar-refractivity contribution in [2.75, 3.05) is 0 Å². The van der Waals surface area contributed by atoms with Crippen molar-refractivity contribution in [3.8, 4) is 11.1 Å². The minimum absolute atomic E-state index is 0.218. The van der Waals surface area contributed by atoms with Crippen LogP contribution in [0.4, 0.5) is 10.1 Å². The third kappa shape index (κ3) is 2.64. The van der Waals surface area contributed by atoms with Gasteiger partial charge in [-0.05, 0) is 42.4 Å². The van der Waals surface area contributed by atoms with Gasteiger partial charge in [-0.15, -0.1) is 0 Å². The molecule has 84 valence electrons. The Hall–Kier alpha value is -1.83. The predicted molar refractivity (Wildman–Crippen MR) is 71.3 cm³/mol. The molecule has 0 N–H and O–H groups in total. The number of rotatable bonds is 2. The number of aryl methyl sites for hydroxylation is 1. The van der Waals surface area contributed by atoms with E-state index in [0.29, 0.717) is 0 Å². The Bertz CT molecular complexity index is 584. The summed E-state index contributed by atoms with van der Waals surface area (Å²) in [5.74, 6) is -0.388. The van der Waals surface area contributed by atoms with Crippen molar-refractivity contribution in [2.24, 2.45) is 4.99 Å². The van der Waals surface area contributed by atoms with E-state index in [0.717, 1.165) is 11.1 Å². The van der Waals surface area contributed by atoms with E-state index in [1.165, 1.54) is 11.6 Å². The van der Waals surface area contributed by atoms with Crippen molar-refractivity contribution in [1.29, 1.82) is 0 Å². The molecule has 0 unspecified atom stereocenters. The van der Waals surface area contributed by atoms with E-state index >= 15 is 0 Å². The number of nitrogens with zero attached hydrogens (tertiary/aromatic N) is 1. The van der Waals surface area contributed by atoms with Crippen LogP contribution in [0.15, 0.2) is 47.5 Å². The van der Waals surface area contributed by atoms with Crippen molar-refractivity contribution in [2.45, 2.75) is 6.92 Å². The van der Waals surface area contributed by atoms with Crippen LogP contribution in [-0.4, -0.2) is 5.16 Å². The van der Waals surface area contributed by atoms with Gasteiger partial charge in [-0.3, -0.25) is 0 Å². The molecule has 2 aromatic rings. The third-order valence-corrected chi connectivity index (χ3v) is 2.59. The first-order valence-corrected chi connectivity index (χ1v) is 5.56. The van der Waals surface area contributed by atoms with Gasteiger partial charge in [-0.2, -0.15) is 4.99 Å². The average molecular weight is 243 g/mol. The highest BCUT2D eigenvalue weighted by molar-refractivity contribution is 7.78. The Morgan fingerprint density at radius 2 is 1.71 bits per heavy atom. The molecule has 0 aromatic heterocycles. The van der Waals surface area contributed by atoms with Crippen LogP contribution in [0.2, 0.25) is 0 Å². The Morgan fingerprint density at radius 1 is 1.06 bits per heavy atom. The van der Waals surface area contributed by atoms with E-state index in [9.17, 15) is 4.39 Å². The molecule has 0 aliphatic heterocycles. The SMILES string of the molecule is Cc1ccc(-c2ccc(N=C=S)c(F)c2)cc1. The second kappa shape index (κ2) is 5.00. The molecule has 0 atom stereocenters. The number of benzene rings is 2.